The number of carbonyl (C=O) groups excluding carboxylic acids is 1. The molecule has 1 aliphatic heterocycles. The van der Waals surface area contributed by atoms with Gasteiger partial charge in [0.15, 0.2) is 0 Å². The van der Waals surface area contributed by atoms with Crippen molar-refractivity contribution < 1.29 is 4.79 Å². The first-order valence-corrected chi connectivity index (χ1v) is 4.95. The number of hydrogen-bond acceptors (Lipinski definition) is 2. The lowest BCUT2D eigenvalue weighted by molar-refractivity contribution is -0.120. The smallest absolute Gasteiger partial charge is 0.232 e. The minimum absolute atomic E-state index is 0.112. The molecular formula is C11H12N2O. The highest BCUT2D eigenvalue weighted by Crippen LogP contribution is 2.48. The molecule has 2 N–H and O–H groups in total. The third-order valence-corrected chi connectivity index (χ3v) is 3.13. The summed E-state index contributed by atoms with van der Waals surface area (Å²) in [4.78, 5) is 11.8. The molecule has 3 rings (SSSR count). The Morgan fingerprint density at radius 2 is 1.86 bits per heavy atom. The minimum Gasteiger partial charge on any atom is -0.382 e. The van der Waals surface area contributed by atoms with Crippen LogP contribution in [0.4, 0.5) is 11.4 Å². The van der Waals surface area contributed by atoms with Gasteiger partial charge in [0, 0.05) is 6.54 Å². The van der Waals surface area contributed by atoms with Crippen molar-refractivity contribution in [3.05, 3.63) is 24.3 Å². The molecule has 1 fully saturated rings. The summed E-state index contributed by atoms with van der Waals surface area (Å²) >= 11 is 0. The van der Waals surface area contributed by atoms with Crippen molar-refractivity contribution in [2.24, 2.45) is 5.41 Å². The molecule has 1 aliphatic carbocycles. The van der Waals surface area contributed by atoms with E-state index in [1.807, 2.05) is 24.3 Å². The molecular weight excluding hydrogens is 176 g/mol. The molecule has 1 amide bonds. The van der Waals surface area contributed by atoms with Crippen molar-refractivity contribution in [1.82, 2.24) is 0 Å². The minimum atomic E-state index is -0.112. The third-order valence-electron chi connectivity index (χ3n) is 3.13. The lowest BCUT2D eigenvalue weighted by Crippen LogP contribution is -2.27. The van der Waals surface area contributed by atoms with Crippen molar-refractivity contribution in [3.8, 4) is 0 Å². The molecule has 0 radical (unpaired) electrons. The van der Waals surface area contributed by atoms with E-state index in [1.165, 1.54) is 0 Å². The van der Waals surface area contributed by atoms with Gasteiger partial charge in [0.05, 0.1) is 16.8 Å². The van der Waals surface area contributed by atoms with E-state index in [0.717, 1.165) is 30.8 Å². The van der Waals surface area contributed by atoms with Gasteiger partial charge >= 0.3 is 0 Å². The van der Waals surface area contributed by atoms with Crippen LogP contribution in [0.3, 0.4) is 0 Å². The van der Waals surface area contributed by atoms with Crippen LogP contribution >= 0.6 is 0 Å². The van der Waals surface area contributed by atoms with Crippen LogP contribution in [0.5, 0.6) is 0 Å². The van der Waals surface area contributed by atoms with Crippen LogP contribution in [-0.4, -0.2) is 12.5 Å². The van der Waals surface area contributed by atoms with Crippen LogP contribution in [0.15, 0.2) is 24.3 Å². The van der Waals surface area contributed by atoms with Gasteiger partial charge < -0.3 is 10.6 Å². The second kappa shape index (κ2) is 2.50. The zero-order chi connectivity index (χ0) is 9.60. The molecule has 2 aliphatic rings. The summed E-state index contributed by atoms with van der Waals surface area (Å²) in [5.74, 6) is 0.176. The van der Waals surface area contributed by atoms with Crippen LogP contribution in [0, 0.1) is 5.41 Å². The Hall–Kier alpha value is -1.51. The Morgan fingerprint density at radius 1 is 1.14 bits per heavy atom. The predicted octanol–water partition coefficient (Wildman–Crippen LogP) is 1.83. The van der Waals surface area contributed by atoms with Gasteiger partial charge in [0.1, 0.15) is 0 Å². The predicted molar refractivity (Wildman–Crippen MR) is 55.2 cm³/mol. The molecule has 0 atom stereocenters. The molecule has 1 saturated carbocycles. The summed E-state index contributed by atoms with van der Waals surface area (Å²) < 4.78 is 0. The van der Waals surface area contributed by atoms with Crippen LogP contribution < -0.4 is 10.6 Å². The van der Waals surface area contributed by atoms with E-state index in [2.05, 4.69) is 10.6 Å². The fourth-order valence-corrected chi connectivity index (χ4v) is 1.90. The van der Waals surface area contributed by atoms with E-state index >= 15 is 0 Å². The molecule has 72 valence electrons. The monoisotopic (exact) mass is 188 g/mol. The second-order valence-corrected chi connectivity index (χ2v) is 4.13. The maximum Gasteiger partial charge on any atom is 0.232 e. The Balaban J connectivity index is 2.00. The summed E-state index contributed by atoms with van der Waals surface area (Å²) in [7, 11) is 0. The molecule has 1 spiro atoms. The van der Waals surface area contributed by atoms with Gasteiger partial charge in [-0.2, -0.15) is 0 Å². The molecule has 0 unspecified atom stereocenters. The van der Waals surface area contributed by atoms with Gasteiger partial charge in [-0.05, 0) is 25.0 Å². The highest BCUT2D eigenvalue weighted by atomic mass is 16.2. The largest absolute Gasteiger partial charge is 0.382 e. The van der Waals surface area contributed by atoms with Crippen molar-refractivity contribution in [3.63, 3.8) is 0 Å². The number of para-hydroxylation sites is 2. The van der Waals surface area contributed by atoms with Crippen LogP contribution in [0.25, 0.3) is 0 Å². The highest BCUT2D eigenvalue weighted by Gasteiger charge is 2.50. The highest BCUT2D eigenvalue weighted by molar-refractivity contribution is 6.01. The molecule has 1 aromatic carbocycles. The van der Waals surface area contributed by atoms with Crippen LogP contribution in [0.2, 0.25) is 0 Å². The Bertz CT molecular complexity index is 396. The third kappa shape index (κ3) is 1.02. The number of rotatable bonds is 0. The first kappa shape index (κ1) is 7.85. The zero-order valence-electron chi connectivity index (χ0n) is 7.84. The number of benzene rings is 1. The summed E-state index contributed by atoms with van der Waals surface area (Å²) in [6.07, 6.45) is 2.03. The molecule has 1 heterocycles. The summed E-state index contributed by atoms with van der Waals surface area (Å²) in [5.41, 5.74) is 1.82. The molecule has 3 nitrogen and oxygen atoms in total. The maximum atomic E-state index is 11.8. The topological polar surface area (TPSA) is 41.1 Å². The van der Waals surface area contributed by atoms with Gasteiger partial charge in [-0.15, -0.1) is 0 Å². The summed E-state index contributed by atoms with van der Waals surface area (Å²) in [6, 6.07) is 7.84. The molecule has 0 bridgehead atoms. The summed E-state index contributed by atoms with van der Waals surface area (Å²) in [6.45, 7) is 0.774. The SMILES string of the molecule is O=C1Nc2ccccc2NCC12CC2. The lowest BCUT2D eigenvalue weighted by atomic mass is 10.1. The molecule has 14 heavy (non-hydrogen) atoms. The van der Waals surface area contributed by atoms with Crippen molar-refractivity contribution in [2.45, 2.75) is 12.8 Å². The first-order chi connectivity index (χ1) is 6.80. The Morgan fingerprint density at radius 3 is 2.57 bits per heavy atom. The second-order valence-electron chi connectivity index (χ2n) is 4.13. The van der Waals surface area contributed by atoms with Crippen molar-refractivity contribution in [2.75, 3.05) is 17.2 Å². The van der Waals surface area contributed by atoms with Crippen molar-refractivity contribution >= 4 is 17.3 Å². The number of nitrogens with one attached hydrogen (secondary N) is 2. The Labute approximate surface area is 82.5 Å². The van der Waals surface area contributed by atoms with E-state index in [0.29, 0.717) is 0 Å². The lowest BCUT2D eigenvalue weighted by Gasteiger charge is -2.08. The van der Waals surface area contributed by atoms with Gasteiger partial charge in [0.2, 0.25) is 5.91 Å². The number of hydrogen-bond donors (Lipinski definition) is 2. The summed E-state index contributed by atoms with van der Waals surface area (Å²) in [5, 5.41) is 6.30. The first-order valence-electron chi connectivity index (χ1n) is 4.95. The molecule has 0 aromatic heterocycles. The van der Waals surface area contributed by atoms with E-state index in [9.17, 15) is 4.79 Å². The van der Waals surface area contributed by atoms with Crippen LogP contribution in [-0.2, 0) is 4.79 Å². The van der Waals surface area contributed by atoms with Gasteiger partial charge in [0.25, 0.3) is 0 Å². The van der Waals surface area contributed by atoms with E-state index < -0.39 is 0 Å². The van der Waals surface area contributed by atoms with Gasteiger partial charge in [-0.1, -0.05) is 12.1 Å². The standard InChI is InChI=1S/C11H12N2O/c14-10-11(5-6-11)7-12-8-3-1-2-4-9(8)13-10/h1-4,12H,5-7H2,(H,13,14). The van der Waals surface area contributed by atoms with E-state index in [4.69, 9.17) is 0 Å². The Kier molecular flexibility index (Phi) is 1.40. The van der Waals surface area contributed by atoms with Gasteiger partial charge in [-0.25, -0.2) is 0 Å². The normalized spacial score (nSPS) is 21.9. The fraction of sp³-hybridized carbons (Fsp3) is 0.364. The average molecular weight is 188 g/mol. The number of carbonyl (C=O) groups is 1. The molecule has 0 saturated heterocycles. The number of fused-ring (bicyclic) bond motifs is 1. The number of amides is 1. The quantitative estimate of drug-likeness (QED) is 0.652. The average Bonchev–Trinajstić information content (AvgIpc) is 2.98. The maximum absolute atomic E-state index is 11.8. The van der Waals surface area contributed by atoms with Crippen molar-refractivity contribution in [1.29, 1.82) is 0 Å². The molecule has 3 heteroatoms. The zero-order valence-corrected chi connectivity index (χ0v) is 7.84. The van der Waals surface area contributed by atoms with Gasteiger partial charge in [-0.3, -0.25) is 4.79 Å². The van der Waals surface area contributed by atoms with E-state index in [-0.39, 0.29) is 11.3 Å². The number of anilines is 2. The van der Waals surface area contributed by atoms with Crippen LogP contribution in [0.1, 0.15) is 12.8 Å². The molecule has 1 aromatic rings. The van der Waals surface area contributed by atoms with E-state index in [1.54, 1.807) is 0 Å². The fourth-order valence-electron chi connectivity index (χ4n) is 1.90.